The number of aliphatic carboxylic acids is 1. The van der Waals surface area contributed by atoms with Gasteiger partial charge in [-0.25, -0.2) is 0 Å². The first-order valence-corrected chi connectivity index (χ1v) is 8.06. The van der Waals surface area contributed by atoms with E-state index in [0.717, 1.165) is 19.3 Å². The van der Waals surface area contributed by atoms with E-state index in [1.165, 1.54) is 25.7 Å². The van der Waals surface area contributed by atoms with Crippen molar-refractivity contribution in [2.45, 2.75) is 91.6 Å². The molecule has 0 bridgehead atoms. The monoisotopic (exact) mass is 348 g/mol. The Balaban J connectivity index is -0.000000333. The molecule has 0 fully saturated rings. The van der Waals surface area contributed by atoms with Crippen LogP contribution in [0.1, 0.15) is 88.8 Å². The van der Waals surface area contributed by atoms with Crippen LogP contribution >= 0.6 is 0 Å². The van der Waals surface area contributed by atoms with Crippen molar-refractivity contribution in [3.8, 4) is 0 Å². The molecule has 0 aliphatic rings. The van der Waals surface area contributed by atoms with E-state index in [4.69, 9.17) is 9.84 Å². The average Bonchev–Trinajstić information content (AvgIpc) is 2.31. The summed E-state index contributed by atoms with van der Waals surface area (Å²) in [6, 6.07) is 0. The first-order valence-electron chi connectivity index (χ1n) is 8.06. The zero-order valence-electron chi connectivity index (χ0n) is 18.3. The van der Waals surface area contributed by atoms with Crippen LogP contribution in [0, 0.1) is 5.41 Å². The van der Waals surface area contributed by atoms with Crippen molar-refractivity contribution < 1.29 is 92.5 Å². The van der Waals surface area contributed by atoms with Gasteiger partial charge in [0.05, 0.1) is 0 Å². The largest absolute Gasteiger partial charge is 1.00 e. The SMILES string of the molecule is CCCCCCCCC(C)(OC(=O)CC(=O)O)C(C)(C)C.[H-].[H-].[K+].[Li+]. The molecule has 0 aliphatic heterocycles. The molecule has 0 aliphatic carbocycles. The van der Waals surface area contributed by atoms with Gasteiger partial charge in [0.1, 0.15) is 12.0 Å². The van der Waals surface area contributed by atoms with Crippen molar-refractivity contribution in [1.82, 2.24) is 0 Å². The summed E-state index contributed by atoms with van der Waals surface area (Å²) in [7, 11) is 0. The van der Waals surface area contributed by atoms with Gasteiger partial charge < -0.3 is 12.7 Å². The van der Waals surface area contributed by atoms with Gasteiger partial charge in [0.15, 0.2) is 0 Å². The smallest absolute Gasteiger partial charge is 1.00 e. The van der Waals surface area contributed by atoms with Crippen LogP contribution < -0.4 is 70.2 Å². The number of ether oxygens (including phenoxy) is 1. The minimum absolute atomic E-state index is 0. The molecule has 0 rings (SSSR count). The minimum atomic E-state index is -1.14. The van der Waals surface area contributed by atoms with Gasteiger partial charge in [-0.2, -0.15) is 0 Å². The fourth-order valence-electron chi connectivity index (χ4n) is 2.23. The second-order valence-corrected chi connectivity index (χ2v) is 7.04. The van der Waals surface area contributed by atoms with E-state index >= 15 is 0 Å². The fraction of sp³-hybridized carbons (Fsp3) is 0.882. The molecule has 0 saturated carbocycles. The van der Waals surface area contributed by atoms with Crippen LogP contribution in [0.25, 0.3) is 0 Å². The molecule has 1 N–H and O–H groups in total. The molecule has 0 aromatic heterocycles. The minimum Gasteiger partial charge on any atom is -1.00 e. The van der Waals surface area contributed by atoms with Crippen LogP contribution in [0.3, 0.4) is 0 Å². The summed E-state index contributed by atoms with van der Waals surface area (Å²) < 4.78 is 5.52. The fourth-order valence-corrected chi connectivity index (χ4v) is 2.23. The number of rotatable bonds is 10. The van der Waals surface area contributed by atoms with Gasteiger partial charge in [0.2, 0.25) is 0 Å². The molecule has 6 heteroatoms. The standard InChI is InChI=1S/C17H32O4.K.Li.2H/c1-6-7-8-9-10-11-12-17(5,16(2,3)4)21-15(20)13-14(18)19;;;;/h6-13H2,1-5H3,(H,18,19);;;;/q;2*+1;2*-1. The second-order valence-electron chi connectivity index (χ2n) is 7.04. The Labute approximate surface area is 199 Å². The van der Waals surface area contributed by atoms with E-state index in [-0.39, 0.29) is 78.5 Å². The molecule has 1 unspecified atom stereocenters. The van der Waals surface area contributed by atoms with E-state index in [9.17, 15) is 9.59 Å². The first kappa shape index (κ1) is 29.0. The Morgan fingerprint density at radius 2 is 1.48 bits per heavy atom. The maximum absolute atomic E-state index is 11.7. The van der Waals surface area contributed by atoms with Gasteiger partial charge in [-0.05, 0) is 19.8 Å². The summed E-state index contributed by atoms with van der Waals surface area (Å²) in [4.78, 5) is 22.3. The third-order valence-electron chi connectivity index (χ3n) is 4.23. The Kier molecular flexibility index (Phi) is 18.1. The molecular weight excluding hydrogens is 314 g/mol. The van der Waals surface area contributed by atoms with E-state index < -0.39 is 24.0 Å². The van der Waals surface area contributed by atoms with Gasteiger partial charge in [-0.3, -0.25) is 9.59 Å². The third kappa shape index (κ3) is 13.1. The number of carbonyl (C=O) groups excluding carboxylic acids is 1. The average molecular weight is 348 g/mol. The van der Waals surface area contributed by atoms with Crippen LogP contribution in [-0.2, 0) is 14.3 Å². The van der Waals surface area contributed by atoms with Gasteiger partial charge in [-0.15, -0.1) is 0 Å². The number of esters is 1. The molecule has 0 amide bonds. The molecule has 0 aromatic rings. The summed E-state index contributed by atoms with van der Waals surface area (Å²) in [6.45, 7) is 10.2. The van der Waals surface area contributed by atoms with Crippen molar-refractivity contribution in [2.75, 3.05) is 0 Å². The zero-order valence-corrected chi connectivity index (χ0v) is 19.5. The molecule has 23 heavy (non-hydrogen) atoms. The molecule has 0 spiro atoms. The van der Waals surface area contributed by atoms with Crippen molar-refractivity contribution >= 4 is 11.9 Å². The molecule has 0 radical (unpaired) electrons. The number of carboxylic acids is 1. The summed E-state index contributed by atoms with van der Waals surface area (Å²) in [5, 5.41) is 8.68. The first-order chi connectivity index (χ1) is 9.62. The van der Waals surface area contributed by atoms with Crippen LogP contribution in [0.15, 0.2) is 0 Å². The summed E-state index contributed by atoms with van der Waals surface area (Å²) in [5.74, 6) is -1.79. The molecular formula is C17H34KLiO4. The third-order valence-corrected chi connectivity index (χ3v) is 4.23. The number of unbranched alkanes of at least 4 members (excludes halogenated alkanes) is 5. The number of hydrogen-bond acceptors (Lipinski definition) is 3. The van der Waals surface area contributed by atoms with E-state index in [1.54, 1.807) is 0 Å². The maximum atomic E-state index is 11.7. The molecule has 0 aromatic carbocycles. The number of carboxylic acid groups (broad SMARTS) is 1. The van der Waals surface area contributed by atoms with Gasteiger partial charge in [0.25, 0.3) is 0 Å². The van der Waals surface area contributed by atoms with Gasteiger partial charge in [0, 0.05) is 5.41 Å². The second kappa shape index (κ2) is 14.4. The van der Waals surface area contributed by atoms with Crippen LogP contribution in [0.2, 0.25) is 0 Å². The Hall–Kier alpha value is 1.17. The molecule has 128 valence electrons. The molecule has 1 atom stereocenters. The van der Waals surface area contributed by atoms with E-state index in [1.807, 2.05) is 27.7 Å². The topological polar surface area (TPSA) is 63.6 Å². The van der Waals surface area contributed by atoms with Crippen molar-refractivity contribution in [3.63, 3.8) is 0 Å². The summed E-state index contributed by atoms with van der Waals surface area (Å²) in [6.07, 6.45) is 7.28. The molecule has 0 heterocycles. The van der Waals surface area contributed by atoms with Gasteiger partial charge in [-0.1, -0.05) is 59.8 Å². The van der Waals surface area contributed by atoms with Crippen LogP contribution in [0.4, 0.5) is 0 Å². The quantitative estimate of drug-likeness (QED) is 0.233. The predicted molar refractivity (Wildman–Crippen MR) is 86.4 cm³/mol. The number of carbonyl (C=O) groups is 2. The number of hydrogen-bond donors (Lipinski definition) is 1. The van der Waals surface area contributed by atoms with Crippen molar-refractivity contribution in [2.24, 2.45) is 5.41 Å². The molecule has 0 saturated heterocycles. The van der Waals surface area contributed by atoms with Gasteiger partial charge >= 0.3 is 82.2 Å². The van der Waals surface area contributed by atoms with E-state index in [0.29, 0.717) is 0 Å². The van der Waals surface area contributed by atoms with Crippen LogP contribution in [-0.4, -0.2) is 22.6 Å². The molecule has 4 nitrogen and oxygen atoms in total. The van der Waals surface area contributed by atoms with Crippen LogP contribution in [0.5, 0.6) is 0 Å². The maximum Gasteiger partial charge on any atom is 1.00 e. The Bertz CT molecular complexity index is 352. The summed E-state index contributed by atoms with van der Waals surface area (Å²) in [5.41, 5.74) is -0.838. The normalized spacial score (nSPS) is 13.3. The zero-order chi connectivity index (χ0) is 16.5. The Morgan fingerprint density at radius 3 is 1.91 bits per heavy atom. The summed E-state index contributed by atoms with van der Waals surface area (Å²) >= 11 is 0. The predicted octanol–water partition coefficient (Wildman–Crippen LogP) is -1.21. The van der Waals surface area contributed by atoms with Crippen molar-refractivity contribution in [1.29, 1.82) is 0 Å². The van der Waals surface area contributed by atoms with E-state index in [2.05, 4.69) is 6.92 Å². The Morgan fingerprint density at radius 1 is 1.00 bits per heavy atom. The van der Waals surface area contributed by atoms with Crippen molar-refractivity contribution in [3.05, 3.63) is 0 Å².